The molecule has 1 atom stereocenters. The number of rotatable bonds is 3. The first-order chi connectivity index (χ1) is 10.7. The number of hydrogen-bond donors (Lipinski definition) is 1. The number of nitrogens with one attached hydrogen (secondary N) is 1. The van der Waals surface area contributed by atoms with Gasteiger partial charge in [-0.15, -0.1) is 0 Å². The van der Waals surface area contributed by atoms with Gasteiger partial charge in [0.1, 0.15) is 5.69 Å². The Bertz CT molecular complexity index is 801. The van der Waals surface area contributed by atoms with Gasteiger partial charge in [0.2, 0.25) is 0 Å². The molecule has 1 N–H and O–H groups in total. The van der Waals surface area contributed by atoms with Crippen molar-refractivity contribution in [2.24, 2.45) is 0 Å². The summed E-state index contributed by atoms with van der Waals surface area (Å²) in [5, 5.41) is 3.03. The number of ether oxygens (including phenoxy) is 1. The molecule has 0 spiro atoms. The van der Waals surface area contributed by atoms with Crippen LogP contribution in [0.1, 0.15) is 41.5 Å². The Balaban J connectivity index is 1.70. The molecule has 4 rings (SSSR count). The molecule has 2 aliphatic rings. The molecular formula is C15H18N4O3. The molecule has 0 radical (unpaired) electrons. The van der Waals surface area contributed by atoms with E-state index in [0.29, 0.717) is 30.0 Å². The normalized spacial score (nSPS) is 21.0. The molecule has 1 unspecified atom stereocenters. The van der Waals surface area contributed by atoms with Crippen LogP contribution in [0, 0.1) is 0 Å². The Morgan fingerprint density at radius 1 is 1.45 bits per heavy atom. The van der Waals surface area contributed by atoms with E-state index < -0.39 is 0 Å². The smallest absolute Gasteiger partial charge is 0.278 e. The number of fused-ring (bicyclic) bond motifs is 2. The fourth-order valence-corrected chi connectivity index (χ4v) is 3.20. The second-order valence-corrected chi connectivity index (χ2v) is 5.89. The van der Waals surface area contributed by atoms with Crippen LogP contribution in [0.25, 0.3) is 5.65 Å². The van der Waals surface area contributed by atoms with Crippen molar-refractivity contribution in [3.05, 3.63) is 33.4 Å². The number of nitrogens with zero attached hydrogens (tertiary/aromatic N) is 3. The van der Waals surface area contributed by atoms with E-state index in [1.165, 1.54) is 4.52 Å². The Hall–Kier alpha value is -2.15. The van der Waals surface area contributed by atoms with E-state index in [-0.39, 0.29) is 17.6 Å². The summed E-state index contributed by atoms with van der Waals surface area (Å²) in [5.41, 5.74) is 2.03. The molecule has 4 heterocycles. The molecule has 116 valence electrons. The number of aryl methyl sites for hydroxylation is 1. The van der Waals surface area contributed by atoms with Crippen LogP contribution in [0.2, 0.25) is 0 Å². The summed E-state index contributed by atoms with van der Waals surface area (Å²) in [7, 11) is 0. The zero-order chi connectivity index (χ0) is 15.3. The minimum Gasteiger partial charge on any atom is -0.376 e. The summed E-state index contributed by atoms with van der Waals surface area (Å²) in [6.07, 6.45) is 2.86. The summed E-state index contributed by atoms with van der Waals surface area (Å²) in [6, 6.07) is 1.82. The highest BCUT2D eigenvalue weighted by Crippen LogP contribution is 2.22. The Morgan fingerprint density at radius 2 is 2.32 bits per heavy atom. The van der Waals surface area contributed by atoms with E-state index in [2.05, 4.69) is 10.1 Å². The van der Waals surface area contributed by atoms with Gasteiger partial charge in [0, 0.05) is 24.9 Å². The summed E-state index contributed by atoms with van der Waals surface area (Å²) < 4.78 is 7.01. The molecule has 0 bridgehead atoms. The minimum absolute atomic E-state index is 0.0811. The number of aromatic nitrogens is 3. The fraction of sp³-hybridized carbons (Fsp3) is 0.533. The van der Waals surface area contributed by atoms with E-state index in [1.807, 2.05) is 13.0 Å². The lowest BCUT2D eigenvalue weighted by atomic mass is 10.2. The molecule has 22 heavy (non-hydrogen) atoms. The summed E-state index contributed by atoms with van der Waals surface area (Å²) >= 11 is 0. The number of H-pyrrole nitrogens is 1. The molecule has 0 aliphatic carbocycles. The third kappa shape index (κ3) is 1.96. The first-order valence-corrected chi connectivity index (χ1v) is 7.71. The van der Waals surface area contributed by atoms with E-state index in [4.69, 9.17) is 4.74 Å². The minimum atomic E-state index is -0.178. The van der Waals surface area contributed by atoms with E-state index in [1.54, 1.807) is 4.90 Å². The van der Waals surface area contributed by atoms with Gasteiger partial charge in [0.15, 0.2) is 5.65 Å². The molecule has 2 aromatic heterocycles. The van der Waals surface area contributed by atoms with Crippen molar-refractivity contribution in [2.75, 3.05) is 13.2 Å². The molecule has 1 amide bonds. The lowest BCUT2D eigenvalue weighted by Gasteiger charge is -2.19. The number of carbonyl (C=O) groups excluding carboxylic acids is 1. The Kier molecular flexibility index (Phi) is 3.04. The molecule has 0 aromatic carbocycles. The Labute approximate surface area is 126 Å². The second kappa shape index (κ2) is 4.95. The molecule has 2 aromatic rings. The van der Waals surface area contributed by atoms with E-state index in [0.717, 1.165) is 31.6 Å². The molecule has 7 heteroatoms. The average molecular weight is 302 g/mol. The van der Waals surface area contributed by atoms with Gasteiger partial charge in [-0.3, -0.25) is 14.7 Å². The number of carbonyl (C=O) groups is 1. The van der Waals surface area contributed by atoms with Crippen LogP contribution in [0.4, 0.5) is 0 Å². The van der Waals surface area contributed by atoms with Gasteiger partial charge in [0.05, 0.1) is 18.2 Å². The van der Waals surface area contributed by atoms with E-state index >= 15 is 0 Å². The SMILES string of the molecule is CCc1cc2nc3c(c(=O)n2[nH]1)CN(CC1CCCO1)C3=O. The number of amides is 1. The third-order valence-electron chi connectivity index (χ3n) is 4.43. The predicted octanol–water partition coefficient (Wildman–Crippen LogP) is 0.720. The van der Waals surface area contributed by atoms with Gasteiger partial charge in [-0.25, -0.2) is 9.50 Å². The lowest BCUT2D eigenvalue weighted by Crippen LogP contribution is -2.32. The zero-order valence-electron chi connectivity index (χ0n) is 12.5. The van der Waals surface area contributed by atoms with Gasteiger partial charge in [-0.1, -0.05) is 6.92 Å². The number of aromatic amines is 1. The molecular weight excluding hydrogens is 284 g/mol. The van der Waals surface area contributed by atoms with Gasteiger partial charge in [-0.05, 0) is 19.3 Å². The van der Waals surface area contributed by atoms with Crippen LogP contribution in [-0.2, 0) is 17.7 Å². The predicted molar refractivity (Wildman–Crippen MR) is 78.9 cm³/mol. The first kappa shape index (κ1) is 13.5. The van der Waals surface area contributed by atoms with Gasteiger partial charge < -0.3 is 9.64 Å². The van der Waals surface area contributed by atoms with Crippen LogP contribution >= 0.6 is 0 Å². The third-order valence-corrected chi connectivity index (χ3v) is 4.43. The lowest BCUT2D eigenvalue weighted by molar-refractivity contribution is 0.0542. The van der Waals surface area contributed by atoms with Crippen molar-refractivity contribution in [3.8, 4) is 0 Å². The van der Waals surface area contributed by atoms with Crippen LogP contribution in [0.5, 0.6) is 0 Å². The van der Waals surface area contributed by atoms with Crippen LogP contribution in [0.3, 0.4) is 0 Å². The maximum Gasteiger partial charge on any atom is 0.278 e. The maximum absolute atomic E-state index is 12.6. The van der Waals surface area contributed by atoms with Crippen molar-refractivity contribution in [1.29, 1.82) is 0 Å². The Morgan fingerprint density at radius 3 is 3.05 bits per heavy atom. The zero-order valence-corrected chi connectivity index (χ0v) is 12.5. The summed E-state index contributed by atoms with van der Waals surface area (Å²) in [6.45, 7) is 3.61. The van der Waals surface area contributed by atoms with Crippen molar-refractivity contribution < 1.29 is 9.53 Å². The standard InChI is InChI=1S/C15H18N4O3/c1-2-9-6-12-16-13-11(14(20)19(12)17-9)8-18(15(13)21)7-10-4-3-5-22-10/h6,10,17H,2-5,7-8H2,1H3. The molecule has 2 aliphatic heterocycles. The highest BCUT2D eigenvalue weighted by atomic mass is 16.5. The summed E-state index contributed by atoms with van der Waals surface area (Å²) in [5.74, 6) is -0.163. The molecule has 0 saturated carbocycles. The van der Waals surface area contributed by atoms with Gasteiger partial charge in [0.25, 0.3) is 11.5 Å². The monoisotopic (exact) mass is 302 g/mol. The highest BCUT2D eigenvalue weighted by Gasteiger charge is 2.34. The van der Waals surface area contributed by atoms with Crippen molar-refractivity contribution in [3.63, 3.8) is 0 Å². The topological polar surface area (TPSA) is 79.7 Å². The van der Waals surface area contributed by atoms with Gasteiger partial charge >= 0.3 is 0 Å². The van der Waals surface area contributed by atoms with Crippen molar-refractivity contribution >= 4 is 11.6 Å². The first-order valence-electron chi connectivity index (χ1n) is 7.71. The number of hydrogen-bond acceptors (Lipinski definition) is 4. The van der Waals surface area contributed by atoms with Crippen LogP contribution in [-0.4, -0.2) is 44.7 Å². The van der Waals surface area contributed by atoms with Gasteiger partial charge in [-0.2, -0.15) is 0 Å². The van der Waals surface area contributed by atoms with Crippen molar-refractivity contribution in [2.45, 2.75) is 38.8 Å². The van der Waals surface area contributed by atoms with Crippen LogP contribution < -0.4 is 5.56 Å². The largest absolute Gasteiger partial charge is 0.376 e. The maximum atomic E-state index is 12.6. The fourth-order valence-electron chi connectivity index (χ4n) is 3.20. The molecule has 1 saturated heterocycles. The molecule has 7 nitrogen and oxygen atoms in total. The summed E-state index contributed by atoms with van der Waals surface area (Å²) in [4.78, 5) is 31.1. The van der Waals surface area contributed by atoms with E-state index in [9.17, 15) is 9.59 Å². The average Bonchev–Trinajstić information content (AvgIpc) is 3.22. The quantitative estimate of drug-likeness (QED) is 0.906. The molecule has 1 fully saturated rings. The second-order valence-electron chi connectivity index (χ2n) is 5.89. The van der Waals surface area contributed by atoms with Crippen LogP contribution in [0.15, 0.2) is 10.9 Å². The van der Waals surface area contributed by atoms with Crippen molar-refractivity contribution in [1.82, 2.24) is 19.5 Å². The highest BCUT2D eigenvalue weighted by molar-refractivity contribution is 5.96.